The molecule has 0 aromatic rings. The van der Waals surface area contributed by atoms with Gasteiger partial charge in [-0.25, -0.2) is 9.18 Å². The van der Waals surface area contributed by atoms with Crippen molar-refractivity contribution in [1.29, 1.82) is 0 Å². The molecule has 0 aromatic carbocycles. The van der Waals surface area contributed by atoms with Crippen LogP contribution in [0.25, 0.3) is 0 Å². The summed E-state index contributed by atoms with van der Waals surface area (Å²) in [4.78, 5) is 25.0. The normalized spacial score (nSPS) is 13.2. The Morgan fingerprint density at radius 2 is 1.80 bits per heavy atom. The molecule has 118 valence electrons. The predicted molar refractivity (Wildman–Crippen MR) is 77.5 cm³/mol. The molecule has 0 saturated carbocycles. The van der Waals surface area contributed by atoms with Crippen LogP contribution in [-0.4, -0.2) is 41.6 Å². The molecule has 0 N–H and O–H groups in total. The fourth-order valence-electron chi connectivity index (χ4n) is 1.54. The van der Waals surface area contributed by atoms with Crippen molar-refractivity contribution in [3.05, 3.63) is 0 Å². The van der Waals surface area contributed by atoms with E-state index < -0.39 is 17.9 Å². The van der Waals surface area contributed by atoms with Gasteiger partial charge < -0.3 is 4.74 Å². The highest BCUT2D eigenvalue weighted by Gasteiger charge is 2.26. The number of hydrogen-bond donors (Lipinski definition) is 0. The second-order valence-corrected chi connectivity index (χ2v) is 6.37. The van der Waals surface area contributed by atoms with Gasteiger partial charge in [0.2, 0.25) is 0 Å². The van der Waals surface area contributed by atoms with Gasteiger partial charge in [-0.1, -0.05) is 27.2 Å². The van der Waals surface area contributed by atoms with Gasteiger partial charge in [0.1, 0.15) is 11.8 Å². The van der Waals surface area contributed by atoms with Crippen LogP contribution in [0.5, 0.6) is 0 Å². The molecule has 1 amide bonds. The van der Waals surface area contributed by atoms with Crippen molar-refractivity contribution in [3.8, 4) is 0 Å². The third-order valence-electron chi connectivity index (χ3n) is 2.66. The molecule has 0 rings (SSSR count). The van der Waals surface area contributed by atoms with E-state index >= 15 is 0 Å². The third-order valence-corrected chi connectivity index (χ3v) is 2.66. The number of ketones is 1. The Balaban J connectivity index is 4.77. The molecule has 5 heteroatoms. The van der Waals surface area contributed by atoms with Crippen molar-refractivity contribution in [3.63, 3.8) is 0 Å². The largest absolute Gasteiger partial charge is 0.444 e. The molecular formula is C15H28FNO3. The number of carbonyl (C=O) groups excluding carboxylic acids is 2. The summed E-state index contributed by atoms with van der Waals surface area (Å²) in [6.45, 7) is 10.4. The molecule has 4 nitrogen and oxygen atoms in total. The molecule has 1 atom stereocenters. The van der Waals surface area contributed by atoms with Crippen LogP contribution in [0.1, 0.15) is 54.4 Å². The fourth-order valence-corrected chi connectivity index (χ4v) is 1.54. The summed E-state index contributed by atoms with van der Waals surface area (Å²) in [5.41, 5.74) is -0.660. The van der Waals surface area contributed by atoms with Crippen molar-refractivity contribution in [2.75, 3.05) is 13.1 Å². The molecule has 20 heavy (non-hydrogen) atoms. The number of alkyl halides is 1. The number of halogens is 1. The first kappa shape index (κ1) is 18.9. The zero-order valence-corrected chi connectivity index (χ0v) is 13.5. The van der Waals surface area contributed by atoms with Gasteiger partial charge in [-0.2, -0.15) is 0 Å². The van der Waals surface area contributed by atoms with E-state index in [1.165, 1.54) is 4.90 Å². The molecule has 0 radical (unpaired) electrons. The van der Waals surface area contributed by atoms with Crippen LogP contribution >= 0.6 is 0 Å². The maximum atomic E-state index is 13.7. The maximum absolute atomic E-state index is 13.7. The minimum absolute atomic E-state index is 0.0960. The van der Waals surface area contributed by atoms with Crippen molar-refractivity contribution >= 4 is 11.9 Å². The van der Waals surface area contributed by atoms with Gasteiger partial charge in [0.15, 0.2) is 5.78 Å². The fraction of sp³-hybridized carbons (Fsp3) is 0.867. The van der Waals surface area contributed by atoms with Crippen molar-refractivity contribution in [2.24, 2.45) is 5.92 Å². The molecule has 0 spiro atoms. The highest BCUT2D eigenvalue weighted by Crippen LogP contribution is 2.13. The van der Waals surface area contributed by atoms with E-state index in [-0.39, 0.29) is 24.8 Å². The molecule has 0 heterocycles. The number of amides is 1. The SMILES string of the molecule is CCC[C@H](F)CN(CC(=O)C(C)C)C(=O)OC(C)(C)C. The van der Waals surface area contributed by atoms with E-state index in [4.69, 9.17) is 4.74 Å². The van der Waals surface area contributed by atoms with E-state index in [9.17, 15) is 14.0 Å². The van der Waals surface area contributed by atoms with E-state index in [0.29, 0.717) is 12.8 Å². The number of ether oxygens (including phenoxy) is 1. The maximum Gasteiger partial charge on any atom is 0.410 e. The monoisotopic (exact) mass is 289 g/mol. The lowest BCUT2D eigenvalue weighted by molar-refractivity contribution is -0.123. The highest BCUT2D eigenvalue weighted by molar-refractivity contribution is 5.85. The van der Waals surface area contributed by atoms with E-state index in [1.807, 2.05) is 6.92 Å². The van der Waals surface area contributed by atoms with Gasteiger partial charge in [-0.15, -0.1) is 0 Å². The van der Waals surface area contributed by atoms with Gasteiger partial charge in [-0.05, 0) is 27.2 Å². The Hall–Kier alpha value is -1.13. The van der Waals surface area contributed by atoms with E-state index in [1.54, 1.807) is 34.6 Å². The molecule has 0 aromatic heterocycles. The minimum atomic E-state index is -1.13. The minimum Gasteiger partial charge on any atom is -0.444 e. The molecule has 0 fully saturated rings. The second kappa shape index (κ2) is 8.22. The zero-order valence-electron chi connectivity index (χ0n) is 13.5. The van der Waals surface area contributed by atoms with Crippen LogP contribution in [0, 0.1) is 5.92 Å². The first-order valence-electron chi connectivity index (χ1n) is 7.21. The molecule has 0 saturated heterocycles. The topological polar surface area (TPSA) is 46.6 Å². The smallest absolute Gasteiger partial charge is 0.410 e. The van der Waals surface area contributed by atoms with Crippen LogP contribution in [-0.2, 0) is 9.53 Å². The van der Waals surface area contributed by atoms with Gasteiger partial charge in [-0.3, -0.25) is 9.69 Å². The number of Topliss-reactive ketones (excluding diaryl/α,β-unsaturated/α-hetero) is 1. The van der Waals surface area contributed by atoms with E-state index in [2.05, 4.69) is 0 Å². The summed E-state index contributed by atoms with van der Waals surface area (Å²) in [5.74, 6) is -0.288. The van der Waals surface area contributed by atoms with Crippen LogP contribution < -0.4 is 0 Å². The van der Waals surface area contributed by atoms with Crippen molar-refractivity contribution in [1.82, 2.24) is 4.90 Å². The first-order valence-corrected chi connectivity index (χ1v) is 7.21. The van der Waals surface area contributed by atoms with Crippen LogP contribution in [0.15, 0.2) is 0 Å². The van der Waals surface area contributed by atoms with Gasteiger partial charge in [0.05, 0.1) is 13.1 Å². The van der Waals surface area contributed by atoms with Crippen LogP contribution in [0.4, 0.5) is 9.18 Å². The standard InChI is InChI=1S/C15H28FNO3/c1-7-8-12(16)9-17(10-13(18)11(2)3)14(19)20-15(4,5)6/h11-12H,7-10H2,1-6H3/t12-/m0/s1. The number of nitrogens with zero attached hydrogens (tertiary/aromatic N) is 1. The summed E-state index contributed by atoms with van der Waals surface area (Å²) < 4.78 is 19.0. The zero-order chi connectivity index (χ0) is 15.9. The van der Waals surface area contributed by atoms with Gasteiger partial charge in [0.25, 0.3) is 0 Å². The van der Waals surface area contributed by atoms with Crippen LogP contribution in [0.3, 0.4) is 0 Å². The quantitative estimate of drug-likeness (QED) is 0.719. The third kappa shape index (κ3) is 8.12. The lowest BCUT2D eigenvalue weighted by atomic mass is 10.1. The first-order chi connectivity index (χ1) is 9.06. The Labute approximate surface area is 121 Å². The van der Waals surface area contributed by atoms with Gasteiger partial charge in [0, 0.05) is 5.92 Å². The number of rotatable bonds is 7. The molecule has 0 aliphatic carbocycles. The van der Waals surface area contributed by atoms with E-state index in [0.717, 1.165) is 0 Å². The Kier molecular flexibility index (Phi) is 7.76. The van der Waals surface area contributed by atoms with Crippen LogP contribution in [0.2, 0.25) is 0 Å². The number of hydrogen-bond acceptors (Lipinski definition) is 3. The molecule has 0 aliphatic heterocycles. The highest BCUT2D eigenvalue weighted by atomic mass is 19.1. The Morgan fingerprint density at radius 3 is 2.20 bits per heavy atom. The average Bonchev–Trinajstić information content (AvgIpc) is 2.25. The summed E-state index contributed by atoms with van der Waals surface area (Å²) in [6.07, 6.45) is -0.700. The summed E-state index contributed by atoms with van der Waals surface area (Å²) in [6, 6.07) is 0. The molecule has 0 aliphatic rings. The number of carbonyl (C=O) groups is 2. The summed E-state index contributed by atoms with van der Waals surface area (Å²) in [5, 5.41) is 0. The molecule has 0 bridgehead atoms. The second-order valence-electron chi connectivity index (χ2n) is 6.37. The Bertz CT molecular complexity index is 324. The molecule has 0 unspecified atom stereocenters. The lowest BCUT2D eigenvalue weighted by Gasteiger charge is -2.28. The van der Waals surface area contributed by atoms with Gasteiger partial charge >= 0.3 is 6.09 Å². The summed E-state index contributed by atoms with van der Waals surface area (Å²) in [7, 11) is 0. The lowest BCUT2D eigenvalue weighted by Crippen LogP contribution is -2.43. The predicted octanol–water partition coefficient (Wildman–Crippen LogP) is 3.59. The average molecular weight is 289 g/mol. The Morgan fingerprint density at radius 1 is 1.25 bits per heavy atom. The van der Waals surface area contributed by atoms with Crippen molar-refractivity contribution in [2.45, 2.75) is 66.2 Å². The van der Waals surface area contributed by atoms with Crippen molar-refractivity contribution < 1.29 is 18.7 Å². The summed E-state index contributed by atoms with van der Waals surface area (Å²) >= 11 is 0. The molecular weight excluding hydrogens is 261 g/mol.